The Balaban J connectivity index is 3.99. The van der Waals surface area contributed by atoms with Crippen LogP contribution in [-0.4, -0.2) is 38.1 Å². The highest BCUT2D eigenvalue weighted by molar-refractivity contribution is 4.70. The third-order valence-corrected chi connectivity index (χ3v) is 2.06. The molecule has 1 atom stereocenters. The van der Waals surface area contributed by atoms with Gasteiger partial charge in [-0.25, -0.2) is 8.78 Å². The van der Waals surface area contributed by atoms with Gasteiger partial charge in [0.1, 0.15) is 6.61 Å². The first-order valence-electron chi connectivity index (χ1n) is 5.42. The molecule has 0 aromatic rings. The van der Waals surface area contributed by atoms with Gasteiger partial charge in [-0.1, -0.05) is 20.3 Å². The molecule has 0 aromatic carbocycles. The first-order valence-corrected chi connectivity index (χ1v) is 5.42. The van der Waals surface area contributed by atoms with E-state index in [-0.39, 0.29) is 0 Å². The number of alkyl halides is 4. The maximum atomic E-state index is 12.6. The first kappa shape index (κ1) is 15.6. The molecule has 0 heterocycles. The molecule has 2 nitrogen and oxygen atoms in total. The summed E-state index contributed by atoms with van der Waals surface area (Å²) in [5.41, 5.74) is 0. The molecule has 16 heavy (non-hydrogen) atoms. The average molecular weight is 245 g/mol. The van der Waals surface area contributed by atoms with E-state index >= 15 is 0 Å². The highest BCUT2D eigenvalue weighted by Gasteiger charge is 2.41. The number of halogens is 4. The van der Waals surface area contributed by atoms with E-state index in [9.17, 15) is 17.6 Å². The fourth-order valence-electron chi connectivity index (χ4n) is 1.16. The standard InChI is InChI=1S/C10H19F4NO/c1-3-5-8(6-15-4-2)16-7-10(13,14)9(11)12/h8-9,15H,3-7H2,1-2H3. The van der Waals surface area contributed by atoms with Gasteiger partial charge in [-0.2, -0.15) is 8.78 Å². The van der Waals surface area contributed by atoms with Crippen LogP contribution < -0.4 is 5.32 Å². The SMILES string of the molecule is CCCC(CNCC)OCC(F)(F)C(F)F. The number of ether oxygens (including phenoxy) is 1. The van der Waals surface area contributed by atoms with Gasteiger partial charge in [-0.05, 0) is 13.0 Å². The van der Waals surface area contributed by atoms with E-state index in [0.29, 0.717) is 19.5 Å². The molecule has 0 aliphatic carbocycles. The molecular weight excluding hydrogens is 226 g/mol. The van der Waals surface area contributed by atoms with Crippen molar-refractivity contribution in [3.05, 3.63) is 0 Å². The number of likely N-dealkylation sites (N-methyl/N-ethyl adjacent to an activating group) is 1. The molecule has 0 spiro atoms. The summed E-state index contributed by atoms with van der Waals surface area (Å²) in [6.45, 7) is 3.63. The fourth-order valence-corrected chi connectivity index (χ4v) is 1.16. The predicted molar refractivity (Wildman–Crippen MR) is 54.1 cm³/mol. The summed E-state index contributed by atoms with van der Waals surface area (Å²) in [6, 6.07) is 0. The second-order valence-corrected chi connectivity index (χ2v) is 3.59. The summed E-state index contributed by atoms with van der Waals surface area (Å²) in [5.74, 6) is -4.06. The predicted octanol–water partition coefficient (Wildman–Crippen LogP) is 2.68. The third kappa shape index (κ3) is 6.27. The van der Waals surface area contributed by atoms with Crippen molar-refractivity contribution in [2.24, 2.45) is 0 Å². The van der Waals surface area contributed by atoms with Gasteiger partial charge in [0.15, 0.2) is 0 Å². The zero-order valence-electron chi connectivity index (χ0n) is 9.61. The molecule has 0 saturated carbocycles. The zero-order chi connectivity index (χ0) is 12.6. The van der Waals surface area contributed by atoms with Gasteiger partial charge in [-0.3, -0.25) is 0 Å². The van der Waals surface area contributed by atoms with Crippen molar-refractivity contribution in [2.45, 2.75) is 45.1 Å². The van der Waals surface area contributed by atoms with E-state index in [4.69, 9.17) is 4.74 Å². The molecule has 0 amide bonds. The average Bonchev–Trinajstić information content (AvgIpc) is 2.22. The molecule has 0 saturated heterocycles. The zero-order valence-corrected chi connectivity index (χ0v) is 9.61. The molecule has 0 rings (SSSR count). The Morgan fingerprint density at radius 2 is 1.88 bits per heavy atom. The lowest BCUT2D eigenvalue weighted by molar-refractivity contribution is -0.176. The molecule has 98 valence electrons. The largest absolute Gasteiger partial charge is 0.370 e. The molecular formula is C10H19F4NO. The fraction of sp³-hybridized carbons (Fsp3) is 1.00. The summed E-state index contributed by atoms with van der Waals surface area (Å²) in [7, 11) is 0. The minimum atomic E-state index is -4.06. The van der Waals surface area contributed by atoms with Crippen LogP contribution in [-0.2, 0) is 4.74 Å². The molecule has 1 N–H and O–H groups in total. The van der Waals surface area contributed by atoms with Gasteiger partial charge >= 0.3 is 12.3 Å². The van der Waals surface area contributed by atoms with Crippen LogP contribution in [0.15, 0.2) is 0 Å². The van der Waals surface area contributed by atoms with E-state index in [2.05, 4.69) is 5.32 Å². The van der Waals surface area contributed by atoms with Crippen LogP contribution >= 0.6 is 0 Å². The summed E-state index contributed by atoms with van der Waals surface area (Å²) in [6.07, 6.45) is -2.77. The topological polar surface area (TPSA) is 21.3 Å². The van der Waals surface area contributed by atoms with Crippen LogP contribution in [0.3, 0.4) is 0 Å². The van der Waals surface area contributed by atoms with Gasteiger partial charge < -0.3 is 10.1 Å². The van der Waals surface area contributed by atoms with E-state index in [0.717, 1.165) is 6.42 Å². The lowest BCUT2D eigenvalue weighted by Gasteiger charge is -2.21. The minimum Gasteiger partial charge on any atom is -0.370 e. The van der Waals surface area contributed by atoms with E-state index in [1.807, 2.05) is 13.8 Å². The molecule has 0 aromatic heterocycles. The van der Waals surface area contributed by atoms with Gasteiger partial charge in [0, 0.05) is 6.54 Å². The van der Waals surface area contributed by atoms with Gasteiger partial charge in [-0.15, -0.1) is 0 Å². The molecule has 1 unspecified atom stereocenters. The van der Waals surface area contributed by atoms with Gasteiger partial charge in [0.2, 0.25) is 0 Å². The molecule has 6 heteroatoms. The van der Waals surface area contributed by atoms with Crippen molar-refractivity contribution < 1.29 is 22.3 Å². The number of rotatable bonds is 9. The van der Waals surface area contributed by atoms with E-state index in [1.54, 1.807) is 0 Å². The van der Waals surface area contributed by atoms with Crippen molar-refractivity contribution in [1.82, 2.24) is 5.32 Å². The Morgan fingerprint density at radius 1 is 1.25 bits per heavy atom. The smallest absolute Gasteiger partial charge is 0.330 e. The summed E-state index contributed by atoms with van der Waals surface area (Å²) < 4.78 is 53.7. The Hall–Kier alpha value is -0.360. The summed E-state index contributed by atoms with van der Waals surface area (Å²) in [4.78, 5) is 0. The van der Waals surface area contributed by atoms with Gasteiger partial charge in [0.25, 0.3) is 0 Å². The highest BCUT2D eigenvalue weighted by Crippen LogP contribution is 2.23. The Labute approximate surface area is 93.3 Å². The lowest BCUT2D eigenvalue weighted by atomic mass is 10.2. The Morgan fingerprint density at radius 3 is 2.31 bits per heavy atom. The monoisotopic (exact) mass is 245 g/mol. The number of hydrogen-bond donors (Lipinski definition) is 1. The van der Waals surface area contributed by atoms with Crippen molar-refractivity contribution in [3.8, 4) is 0 Å². The second kappa shape index (κ2) is 7.84. The summed E-state index contributed by atoms with van der Waals surface area (Å²) in [5, 5.41) is 2.94. The van der Waals surface area contributed by atoms with Crippen LogP contribution in [0, 0.1) is 0 Å². The normalized spacial score (nSPS) is 14.4. The Kier molecular flexibility index (Phi) is 7.66. The van der Waals surface area contributed by atoms with Crippen LogP contribution in [0.4, 0.5) is 17.6 Å². The molecule has 0 bridgehead atoms. The number of nitrogens with one attached hydrogen (secondary N) is 1. The maximum Gasteiger partial charge on any atom is 0.330 e. The quantitative estimate of drug-likeness (QED) is 0.631. The molecule has 0 aliphatic heterocycles. The molecule has 0 fully saturated rings. The third-order valence-electron chi connectivity index (χ3n) is 2.06. The van der Waals surface area contributed by atoms with E-state index in [1.165, 1.54) is 0 Å². The lowest BCUT2D eigenvalue weighted by Crippen LogP contribution is -2.37. The number of hydrogen-bond acceptors (Lipinski definition) is 2. The maximum absolute atomic E-state index is 12.6. The van der Waals surface area contributed by atoms with Crippen LogP contribution in [0.5, 0.6) is 0 Å². The van der Waals surface area contributed by atoms with Crippen LogP contribution in [0.2, 0.25) is 0 Å². The molecule has 0 radical (unpaired) electrons. The molecule has 0 aliphatic rings. The van der Waals surface area contributed by atoms with Crippen molar-refractivity contribution in [2.75, 3.05) is 19.7 Å². The second-order valence-electron chi connectivity index (χ2n) is 3.59. The van der Waals surface area contributed by atoms with Gasteiger partial charge in [0.05, 0.1) is 6.10 Å². The van der Waals surface area contributed by atoms with Crippen molar-refractivity contribution in [1.29, 1.82) is 0 Å². The van der Waals surface area contributed by atoms with Crippen LogP contribution in [0.1, 0.15) is 26.7 Å². The minimum absolute atomic E-state index is 0.406. The Bertz CT molecular complexity index is 178. The van der Waals surface area contributed by atoms with Crippen molar-refractivity contribution >= 4 is 0 Å². The highest BCUT2D eigenvalue weighted by atomic mass is 19.3. The van der Waals surface area contributed by atoms with Crippen LogP contribution in [0.25, 0.3) is 0 Å². The van der Waals surface area contributed by atoms with Crippen molar-refractivity contribution in [3.63, 3.8) is 0 Å². The first-order chi connectivity index (χ1) is 7.44. The summed E-state index contributed by atoms with van der Waals surface area (Å²) >= 11 is 0. The van der Waals surface area contributed by atoms with E-state index < -0.39 is 25.1 Å².